The summed E-state index contributed by atoms with van der Waals surface area (Å²) in [7, 11) is 2.17. The molecule has 0 aliphatic carbocycles. The van der Waals surface area contributed by atoms with Gasteiger partial charge in [-0.1, -0.05) is 30.3 Å². The van der Waals surface area contributed by atoms with Crippen molar-refractivity contribution in [3.63, 3.8) is 0 Å². The largest absolute Gasteiger partial charge is 0.481 e. The molecule has 3 rings (SSSR count). The van der Waals surface area contributed by atoms with Crippen molar-refractivity contribution in [3.05, 3.63) is 42.5 Å². The van der Waals surface area contributed by atoms with Crippen molar-refractivity contribution < 1.29 is 9.53 Å². The van der Waals surface area contributed by atoms with Crippen LogP contribution in [0.15, 0.2) is 42.5 Å². The third-order valence-corrected chi connectivity index (χ3v) is 5.09. The summed E-state index contributed by atoms with van der Waals surface area (Å²) >= 11 is 0. The van der Waals surface area contributed by atoms with E-state index in [4.69, 9.17) is 4.74 Å². The Kier molecular flexibility index (Phi) is 5.92. The predicted molar refractivity (Wildman–Crippen MR) is 102 cm³/mol. The first-order valence-electron chi connectivity index (χ1n) is 9.23. The molecule has 0 aromatic heterocycles. The number of nitrogens with zero attached hydrogens (tertiary/aromatic N) is 1. The number of carbonyl (C=O) groups is 1. The van der Waals surface area contributed by atoms with Crippen LogP contribution in [0.2, 0.25) is 0 Å². The minimum atomic E-state index is -0.487. The van der Waals surface area contributed by atoms with Gasteiger partial charge < -0.3 is 15.0 Å². The molecule has 1 heterocycles. The lowest BCUT2D eigenvalue weighted by molar-refractivity contribution is -0.127. The SMILES string of the molecule is C[C@@H](Oc1ccc2ccccc2c1)C(=O)NCCC1CCN(C)CC1. The van der Waals surface area contributed by atoms with E-state index in [0.29, 0.717) is 0 Å². The van der Waals surface area contributed by atoms with Crippen LogP contribution in [0.3, 0.4) is 0 Å². The Morgan fingerprint density at radius 3 is 2.68 bits per heavy atom. The highest BCUT2D eigenvalue weighted by molar-refractivity contribution is 5.84. The van der Waals surface area contributed by atoms with Gasteiger partial charge in [0, 0.05) is 6.54 Å². The van der Waals surface area contributed by atoms with Crippen LogP contribution < -0.4 is 10.1 Å². The Morgan fingerprint density at radius 1 is 1.20 bits per heavy atom. The number of amides is 1. The van der Waals surface area contributed by atoms with Gasteiger partial charge in [0.2, 0.25) is 0 Å². The third kappa shape index (κ3) is 4.95. The van der Waals surface area contributed by atoms with Crippen LogP contribution in [0.25, 0.3) is 10.8 Å². The molecule has 1 amide bonds. The summed E-state index contributed by atoms with van der Waals surface area (Å²) in [5, 5.41) is 5.31. The highest BCUT2D eigenvalue weighted by atomic mass is 16.5. The van der Waals surface area contributed by atoms with E-state index in [0.717, 1.165) is 30.0 Å². The molecule has 2 aromatic carbocycles. The molecular formula is C21H28N2O2. The summed E-state index contributed by atoms with van der Waals surface area (Å²) in [5.74, 6) is 1.42. The molecule has 0 bridgehead atoms. The zero-order valence-corrected chi connectivity index (χ0v) is 15.2. The van der Waals surface area contributed by atoms with Gasteiger partial charge in [-0.15, -0.1) is 0 Å². The van der Waals surface area contributed by atoms with Gasteiger partial charge in [0.15, 0.2) is 6.10 Å². The van der Waals surface area contributed by atoms with Gasteiger partial charge in [0.05, 0.1) is 0 Å². The van der Waals surface area contributed by atoms with E-state index in [1.807, 2.05) is 30.3 Å². The van der Waals surface area contributed by atoms with E-state index < -0.39 is 6.10 Å². The van der Waals surface area contributed by atoms with Crippen molar-refractivity contribution in [1.29, 1.82) is 0 Å². The molecule has 1 fully saturated rings. The average Bonchev–Trinajstić information content (AvgIpc) is 2.63. The van der Waals surface area contributed by atoms with Gasteiger partial charge in [-0.05, 0) is 75.1 Å². The first kappa shape index (κ1) is 17.7. The topological polar surface area (TPSA) is 41.6 Å². The number of benzene rings is 2. The summed E-state index contributed by atoms with van der Waals surface area (Å²) in [6.07, 6.45) is 3.03. The third-order valence-electron chi connectivity index (χ3n) is 5.09. The quantitative estimate of drug-likeness (QED) is 0.876. The van der Waals surface area contributed by atoms with Crippen molar-refractivity contribution in [1.82, 2.24) is 10.2 Å². The second-order valence-electron chi connectivity index (χ2n) is 7.10. The van der Waals surface area contributed by atoms with E-state index in [2.05, 4.69) is 29.4 Å². The number of hydrogen-bond acceptors (Lipinski definition) is 3. The normalized spacial score (nSPS) is 17.4. The zero-order chi connectivity index (χ0) is 17.6. The van der Waals surface area contributed by atoms with Gasteiger partial charge in [0.1, 0.15) is 5.75 Å². The van der Waals surface area contributed by atoms with Gasteiger partial charge >= 0.3 is 0 Å². The summed E-state index contributed by atoms with van der Waals surface area (Å²) in [6, 6.07) is 14.1. The zero-order valence-electron chi connectivity index (χ0n) is 15.2. The Bertz CT molecular complexity index is 708. The van der Waals surface area contributed by atoms with Crippen LogP contribution in [-0.2, 0) is 4.79 Å². The molecule has 0 unspecified atom stereocenters. The molecule has 0 saturated carbocycles. The van der Waals surface area contributed by atoms with Crippen LogP contribution in [-0.4, -0.2) is 43.6 Å². The summed E-state index contributed by atoms with van der Waals surface area (Å²) in [4.78, 5) is 14.6. The second kappa shape index (κ2) is 8.34. The first-order chi connectivity index (χ1) is 12.1. The molecule has 2 aromatic rings. The lowest BCUT2D eigenvalue weighted by atomic mass is 9.94. The van der Waals surface area contributed by atoms with Crippen molar-refractivity contribution in [2.24, 2.45) is 5.92 Å². The predicted octanol–water partition coefficient (Wildman–Crippen LogP) is 3.46. The minimum absolute atomic E-state index is 0.0407. The average molecular weight is 340 g/mol. The fraction of sp³-hybridized carbons (Fsp3) is 0.476. The highest BCUT2D eigenvalue weighted by Gasteiger charge is 2.18. The van der Waals surface area contributed by atoms with Crippen molar-refractivity contribution in [2.75, 3.05) is 26.7 Å². The molecule has 4 heteroatoms. The Balaban J connectivity index is 1.45. The fourth-order valence-corrected chi connectivity index (χ4v) is 3.39. The van der Waals surface area contributed by atoms with Crippen molar-refractivity contribution in [2.45, 2.75) is 32.3 Å². The molecular weight excluding hydrogens is 312 g/mol. The number of piperidine rings is 1. The molecule has 1 saturated heterocycles. The maximum absolute atomic E-state index is 12.3. The lowest BCUT2D eigenvalue weighted by Gasteiger charge is -2.29. The molecule has 1 N–H and O–H groups in total. The first-order valence-corrected chi connectivity index (χ1v) is 9.23. The lowest BCUT2D eigenvalue weighted by Crippen LogP contribution is -2.38. The molecule has 134 valence electrons. The number of fused-ring (bicyclic) bond motifs is 1. The maximum Gasteiger partial charge on any atom is 0.260 e. The maximum atomic E-state index is 12.3. The van der Waals surface area contributed by atoms with E-state index in [1.54, 1.807) is 6.92 Å². The van der Waals surface area contributed by atoms with Crippen LogP contribution in [0, 0.1) is 5.92 Å². The summed E-state index contributed by atoms with van der Waals surface area (Å²) < 4.78 is 5.82. The van der Waals surface area contributed by atoms with Gasteiger partial charge in [-0.2, -0.15) is 0 Å². The van der Waals surface area contributed by atoms with E-state index >= 15 is 0 Å². The van der Waals surface area contributed by atoms with E-state index in [1.165, 1.54) is 31.3 Å². The van der Waals surface area contributed by atoms with Gasteiger partial charge in [-0.3, -0.25) is 4.79 Å². The fourth-order valence-electron chi connectivity index (χ4n) is 3.39. The minimum Gasteiger partial charge on any atom is -0.481 e. The van der Waals surface area contributed by atoms with E-state index in [9.17, 15) is 4.79 Å². The molecule has 0 spiro atoms. The van der Waals surface area contributed by atoms with Crippen LogP contribution >= 0.6 is 0 Å². The summed E-state index contributed by atoms with van der Waals surface area (Å²) in [5.41, 5.74) is 0. The monoisotopic (exact) mass is 340 g/mol. The number of nitrogens with one attached hydrogen (secondary N) is 1. The summed E-state index contributed by atoms with van der Waals surface area (Å²) in [6.45, 7) is 4.87. The van der Waals surface area contributed by atoms with Crippen LogP contribution in [0.5, 0.6) is 5.75 Å². The highest BCUT2D eigenvalue weighted by Crippen LogP contribution is 2.22. The van der Waals surface area contributed by atoms with Gasteiger partial charge in [0.25, 0.3) is 5.91 Å². The molecule has 1 aliphatic heterocycles. The molecule has 1 aliphatic rings. The van der Waals surface area contributed by atoms with Crippen molar-refractivity contribution in [3.8, 4) is 5.75 Å². The number of likely N-dealkylation sites (tertiary alicyclic amines) is 1. The Morgan fingerprint density at radius 2 is 1.92 bits per heavy atom. The number of hydrogen-bond donors (Lipinski definition) is 1. The number of ether oxygens (including phenoxy) is 1. The Hall–Kier alpha value is -2.07. The molecule has 0 radical (unpaired) electrons. The van der Waals surface area contributed by atoms with Crippen molar-refractivity contribution >= 4 is 16.7 Å². The second-order valence-corrected chi connectivity index (χ2v) is 7.10. The van der Waals surface area contributed by atoms with Gasteiger partial charge in [-0.25, -0.2) is 0 Å². The number of rotatable bonds is 6. The van der Waals surface area contributed by atoms with Crippen LogP contribution in [0.4, 0.5) is 0 Å². The van der Waals surface area contributed by atoms with E-state index in [-0.39, 0.29) is 5.91 Å². The Labute approximate surface area is 150 Å². The van der Waals surface area contributed by atoms with Crippen LogP contribution in [0.1, 0.15) is 26.2 Å². The molecule has 4 nitrogen and oxygen atoms in total. The molecule has 25 heavy (non-hydrogen) atoms. The number of carbonyl (C=O) groups excluding carboxylic acids is 1. The molecule has 1 atom stereocenters. The standard InChI is InChI=1S/C21H28N2O2/c1-16(21(24)22-12-9-17-10-13-23(2)14-11-17)25-20-8-7-18-5-3-4-6-19(18)15-20/h3-8,15-17H,9-14H2,1-2H3,(H,22,24)/t16-/m1/s1. The smallest absolute Gasteiger partial charge is 0.260 e.